The second-order valence-corrected chi connectivity index (χ2v) is 9.15. The van der Waals surface area contributed by atoms with Gasteiger partial charge in [-0.25, -0.2) is 9.78 Å². The van der Waals surface area contributed by atoms with E-state index < -0.39 is 0 Å². The summed E-state index contributed by atoms with van der Waals surface area (Å²) in [5.74, 6) is -0.142. The average molecular weight is 409 g/mol. The van der Waals surface area contributed by atoms with Crippen LogP contribution in [-0.4, -0.2) is 42.7 Å². The minimum Gasteiger partial charge on any atom is -0.364 e. The smallest absolute Gasteiger partial charge is 0.330 e. The molecular weight excluding hydrogens is 382 g/mol. The first kappa shape index (κ1) is 20.1. The zero-order valence-corrected chi connectivity index (χ0v) is 18.0. The molecule has 0 fully saturated rings. The molecule has 0 aromatic carbocycles. The Labute approximate surface area is 174 Å². The van der Waals surface area contributed by atoms with Crippen LogP contribution in [0.5, 0.6) is 0 Å². The minimum absolute atomic E-state index is 0.000931. The first-order valence-corrected chi connectivity index (χ1v) is 10.1. The Hall–Kier alpha value is -3.16. The van der Waals surface area contributed by atoms with E-state index in [-0.39, 0.29) is 23.1 Å². The summed E-state index contributed by atoms with van der Waals surface area (Å²) >= 11 is 0. The number of fused-ring (bicyclic) bond motifs is 1. The fourth-order valence-corrected chi connectivity index (χ4v) is 3.94. The van der Waals surface area contributed by atoms with Crippen molar-refractivity contribution in [3.05, 3.63) is 52.4 Å². The molecule has 1 aliphatic heterocycles. The van der Waals surface area contributed by atoms with E-state index in [4.69, 9.17) is 9.51 Å². The SMILES string of the molecule is CC1CC(c2ccc3c(n2)n(C)c(=O)n3CC(C)(C)C)=CCN1C(=O)c1ccon1. The molecule has 8 heteroatoms. The van der Waals surface area contributed by atoms with Gasteiger partial charge in [0, 0.05) is 32.2 Å². The van der Waals surface area contributed by atoms with Gasteiger partial charge in [0.15, 0.2) is 11.3 Å². The number of carbonyl (C=O) groups is 1. The van der Waals surface area contributed by atoms with Crippen LogP contribution in [0.4, 0.5) is 0 Å². The Balaban J connectivity index is 1.65. The van der Waals surface area contributed by atoms with E-state index in [0.29, 0.717) is 30.9 Å². The van der Waals surface area contributed by atoms with E-state index in [1.54, 1.807) is 27.1 Å². The van der Waals surface area contributed by atoms with Crippen LogP contribution in [0, 0.1) is 5.41 Å². The van der Waals surface area contributed by atoms with Gasteiger partial charge in [0.2, 0.25) is 0 Å². The van der Waals surface area contributed by atoms with Crippen molar-refractivity contribution in [3.63, 3.8) is 0 Å². The fraction of sp³-hybridized carbons (Fsp3) is 0.455. The molecule has 158 valence electrons. The third kappa shape index (κ3) is 3.58. The van der Waals surface area contributed by atoms with Crippen LogP contribution in [0.1, 0.15) is 50.3 Å². The Morgan fingerprint density at radius 2 is 2.03 bits per heavy atom. The van der Waals surface area contributed by atoms with E-state index in [2.05, 4.69) is 25.9 Å². The van der Waals surface area contributed by atoms with Crippen LogP contribution in [0.15, 0.2) is 39.9 Å². The lowest BCUT2D eigenvalue weighted by Crippen LogP contribution is -2.41. The van der Waals surface area contributed by atoms with E-state index >= 15 is 0 Å². The first-order chi connectivity index (χ1) is 14.2. The largest absolute Gasteiger partial charge is 0.364 e. The van der Waals surface area contributed by atoms with Gasteiger partial charge in [-0.2, -0.15) is 0 Å². The molecule has 0 spiro atoms. The highest BCUT2D eigenvalue weighted by Crippen LogP contribution is 2.28. The molecule has 0 saturated heterocycles. The second-order valence-electron chi connectivity index (χ2n) is 9.15. The maximum atomic E-state index is 12.7. The first-order valence-electron chi connectivity index (χ1n) is 10.1. The molecule has 1 aliphatic rings. The third-order valence-corrected chi connectivity index (χ3v) is 5.44. The van der Waals surface area contributed by atoms with Gasteiger partial charge in [0.1, 0.15) is 6.26 Å². The molecule has 4 heterocycles. The Bertz CT molecular complexity index is 1180. The van der Waals surface area contributed by atoms with Crippen LogP contribution >= 0.6 is 0 Å². The number of amides is 1. The maximum Gasteiger partial charge on any atom is 0.330 e. The van der Waals surface area contributed by atoms with Gasteiger partial charge >= 0.3 is 5.69 Å². The number of imidazole rings is 1. The monoisotopic (exact) mass is 409 g/mol. The maximum absolute atomic E-state index is 12.7. The van der Waals surface area contributed by atoms with Gasteiger partial charge in [-0.3, -0.25) is 13.9 Å². The summed E-state index contributed by atoms with van der Waals surface area (Å²) in [6.45, 7) is 9.45. The molecule has 1 amide bonds. The Morgan fingerprint density at radius 3 is 2.67 bits per heavy atom. The summed E-state index contributed by atoms with van der Waals surface area (Å²) in [5.41, 5.74) is 3.67. The van der Waals surface area contributed by atoms with Gasteiger partial charge in [-0.15, -0.1) is 0 Å². The highest BCUT2D eigenvalue weighted by Gasteiger charge is 2.28. The third-order valence-electron chi connectivity index (χ3n) is 5.44. The summed E-state index contributed by atoms with van der Waals surface area (Å²) in [4.78, 5) is 31.9. The Kier molecular flexibility index (Phi) is 4.88. The predicted molar refractivity (Wildman–Crippen MR) is 114 cm³/mol. The average Bonchev–Trinajstić information content (AvgIpc) is 3.30. The minimum atomic E-state index is -0.142. The zero-order valence-electron chi connectivity index (χ0n) is 18.0. The van der Waals surface area contributed by atoms with Crippen molar-refractivity contribution in [1.82, 2.24) is 24.2 Å². The van der Waals surface area contributed by atoms with Gasteiger partial charge < -0.3 is 9.42 Å². The van der Waals surface area contributed by atoms with Crippen LogP contribution in [0.25, 0.3) is 16.7 Å². The molecule has 3 aromatic rings. The molecule has 0 N–H and O–H groups in total. The topological polar surface area (TPSA) is 86.2 Å². The van der Waals surface area contributed by atoms with Gasteiger partial charge in [0.05, 0.1) is 11.2 Å². The summed E-state index contributed by atoms with van der Waals surface area (Å²) < 4.78 is 8.20. The van der Waals surface area contributed by atoms with E-state index in [1.165, 1.54) is 6.26 Å². The number of hydrogen-bond donors (Lipinski definition) is 0. The van der Waals surface area contributed by atoms with Crippen molar-refractivity contribution >= 4 is 22.6 Å². The fourth-order valence-electron chi connectivity index (χ4n) is 3.94. The number of aryl methyl sites for hydroxylation is 1. The summed E-state index contributed by atoms with van der Waals surface area (Å²) in [7, 11) is 1.76. The predicted octanol–water partition coefficient (Wildman–Crippen LogP) is 3.09. The van der Waals surface area contributed by atoms with Gasteiger partial charge in [-0.1, -0.05) is 32.0 Å². The van der Waals surface area contributed by atoms with E-state index in [9.17, 15) is 9.59 Å². The molecule has 0 bridgehead atoms. The molecule has 4 rings (SSSR count). The molecule has 0 radical (unpaired) electrons. The van der Waals surface area contributed by atoms with Crippen LogP contribution in [-0.2, 0) is 13.6 Å². The van der Waals surface area contributed by atoms with Crippen LogP contribution < -0.4 is 5.69 Å². The quantitative estimate of drug-likeness (QED) is 0.664. The standard InChI is InChI=1S/C22H27N5O3/c1-14-12-15(8-10-26(14)20(28)17-9-11-30-24-17)16-6-7-18-19(23-16)25(5)21(29)27(18)13-22(2,3)4/h6-9,11,14H,10,12-13H2,1-5H3. The number of carbonyl (C=O) groups excluding carboxylic acids is 1. The van der Waals surface area contributed by atoms with Crippen LogP contribution in [0.3, 0.4) is 0 Å². The number of rotatable bonds is 3. The van der Waals surface area contributed by atoms with Crippen molar-refractivity contribution in [2.24, 2.45) is 12.5 Å². The number of pyridine rings is 1. The second kappa shape index (κ2) is 7.27. The molecule has 3 aromatic heterocycles. The van der Waals surface area contributed by atoms with Crippen molar-refractivity contribution in [2.75, 3.05) is 6.54 Å². The Morgan fingerprint density at radius 1 is 1.27 bits per heavy atom. The molecule has 1 unspecified atom stereocenters. The highest BCUT2D eigenvalue weighted by atomic mass is 16.5. The lowest BCUT2D eigenvalue weighted by atomic mass is 9.96. The number of nitrogens with zero attached hydrogens (tertiary/aromatic N) is 5. The number of hydrogen-bond acceptors (Lipinski definition) is 5. The number of aromatic nitrogens is 4. The van der Waals surface area contributed by atoms with Crippen molar-refractivity contribution in [3.8, 4) is 0 Å². The van der Waals surface area contributed by atoms with E-state index in [0.717, 1.165) is 16.8 Å². The zero-order chi connectivity index (χ0) is 21.6. The summed E-state index contributed by atoms with van der Waals surface area (Å²) in [6, 6.07) is 5.52. The lowest BCUT2D eigenvalue weighted by Gasteiger charge is -2.32. The van der Waals surface area contributed by atoms with Crippen molar-refractivity contribution in [1.29, 1.82) is 0 Å². The molecule has 0 saturated carbocycles. The molecule has 8 nitrogen and oxygen atoms in total. The lowest BCUT2D eigenvalue weighted by molar-refractivity contribution is 0.0701. The molecule has 30 heavy (non-hydrogen) atoms. The molecule has 0 aliphatic carbocycles. The van der Waals surface area contributed by atoms with Crippen molar-refractivity contribution < 1.29 is 9.32 Å². The normalized spacial score (nSPS) is 17.4. The summed E-state index contributed by atoms with van der Waals surface area (Å²) in [5, 5.41) is 3.75. The highest BCUT2D eigenvalue weighted by molar-refractivity contribution is 5.93. The summed E-state index contributed by atoms with van der Waals surface area (Å²) in [6.07, 6.45) is 4.10. The van der Waals surface area contributed by atoms with E-state index in [1.807, 2.05) is 25.1 Å². The van der Waals surface area contributed by atoms with Crippen LogP contribution in [0.2, 0.25) is 0 Å². The molecule has 1 atom stereocenters. The van der Waals surface area contributed by atoms with Crippen molar-refractivity contribution in [2.45, 2.75) is 46.7 Å². The molecular formula is C22H27N5O3. The van der Waals surface area contributed by atoms with Gasteiger partial charge in [-0.05, 0) is 36.5 Å². The van der Waals surface area contributed by atoms with Gasteiger partial charge in [0.25, 0.3) is 5.91 Å².